The lowest BCUT2D eigenvalue weighted by Crippen LogP contribution is -2.27. The van der Waals surface area contributed by atoms with E-state index < -0.39 is 17.5 Å². The minimum absolute atomic E-state index is 0.0260. The predicted octanol–water partition coefficient (Wildman–Crippen LogP) is 3.81. The monoisotopic (exact) mass is 365 g/mol. The average molecular weight is 365 g/mol. The van der Waals surface area contributed by atoms with Crippen molar-refractivity contribution in [1.82, 2.24) is 4.90 Å². The van der Waals surface area contributed by atoms with Crippen molar-refractivity contribution in [1.29, 1.82) is 0 Å². The molecule has 0 spiro atoms. The number of hydrogen-bond acceptors (Lipinski definition) is 3. The summed E-state index contributed by atoms with van der Waals surface area (Å²) in [6, 6.07) is 7.66. The van der Waals surface area contributed by atoms with E-state index in [0.29, 0.717) is 12.4 Å². The molecule has 2 aromatic rings. The van der Waals surface area contributed by atoms with Gasteiger partial charge in [0.25, 0.3) is 0 Å². The smallest absolute Gasteiger partial charge is 0.234 e. The highest BCUT2D eigenvalue weighted by Gasteiger charge is 2.33. The van der Waals surface area contributed by atoms with Crippen molar-refractivity contribution < 1.29 is 22.7 Å². The molecule has 2 heterocycles. The number of thioether (sulfide) groups is 1. The van der Waals surface area contributed by atoms with E-state index in [1.165, 1.54) is 11.8 Å². The highest BCUT2D eigenvalue weighted by molar-refractivity contribution is 8.00. The number of carbonyl (C=O) groups is 1. The molecule has 7 heteroatoms. The number of ether oxygens (including phenoxy) is 1. The maximum Gasteiger partial charge on any atom is 0.234 e. The third-order valence-electron chi connectivity index (χ3n) is 4.36. The summed E-state index contributed by atoms with van der Waals surface area (Å²) in [7, 11) is 0. The number of benzene rings is 2. The standard InChI is InChI=1S/C18H14F3NO2S/c19-13-5-10(6-14(20)17(13)21)8-22-16(23)9-25-18(22)12-1-2-15-11(7-12)3-4-24-15/h1-2,5-7,18H,3-4,8-9H2. The summed E-state index contributed by atoms with van der Waals surface area (Å²) in [5.41, 5.74) is 2.26. The van der Waals surface area contributed by atoms with Gasteiger partial charge in [0.15, 0.2) is 17.5 Å². The predicted molar refractivity (Wildman–Crippen MR) is 87.7 cm³/mol. The molecule has 1 amide bonds. The van der Waals surface area contributed by atoms with Crippen molar-refractivity contribution in [2.24, 2.45) is 0 Å². The fourth-order valence-electron chi connectivity index (χ4n) is 3.16. The summed E-state index contributed by atoms with van der Waals surface area (Å²) in [6.07, 6.45) is 0.822. The van der Waals surface area contributed by atoms with Gasteiger partial charge in [0.05, 0.1) is 12.4 Å². The van der Waals surface area contributed by atoms with Crippen LogP contribution < -0.4 is 4.74 Å². The average Bonchev–Trinajstić information content (AvgIpc) is 3.19. The van der Waals surface area contributed by atoms with Crippen molar-refractivity contribution in [3.8, 4) is 5.75 Å². The summed E-state index contributed by atoms with van der Waals surface area (Å²) in [5, 5.41) is -0.241. The molecule has 0 aromatic heterocycles. The van der Waals surface area contributed by atoms with Gasteiger partial charge in [0, 0.05) is 13.0 Å². The molecule has 4 rings (SSSR count). The number of carbonyl (C=O) groups excluding carboxylic acids is 1. The first kappa shape index (κ1) is 16.3. The lowest BCUT2D eigenvalue weighted by Gasteiger charge is -2.25. The maximum absolute atomic E-state index is 13.4. The zero-order chi connectivity index (χ0) is 17.6. The van der Waals surface area contributed by atoms with Crippen molar-refractivity contribution in [2.75, 3.05) is 12.4 Å². The van der Waals surface area contributed by atoms with Crippen molar-refractivity contribution in [3.05, 3.63) is 64.5 Å². The molecule has 2 aliphatic rings. The Kier molecular flexibility index (Phi) is 4.11. The first-order chi connectivity index (χ1) is 12.0. The van der Waals surface area contributed by atoms with Crippen LogP contribution in [0.3, 0.4) is 0 Å². The van der Waals surface area contributed by atoms with Gasteiger partial charge in [-0.25, -0.2) is 13.2 Å². The van der Waals surface area contributed by atoms with Crippen LogP contribution in [0, 0.1) is 17.5 Å². The third-order valence-corrected chi connectivity index (χ3v) is 5.62. The van der Waals surface area contributed by atoms with Gasteiger partial charge < -0.3 is 9.64 Å². The molecule has 0 bridgehead atoms. The van der Waals surface area contributed by atoms with E-state index in [4.69, 9.17) is 4.74 Å². The molecule has 2 aromatic carbocycles. The third kappa shape index (κ3) is 2.97. The summed E-state index contributed by atoms with van der Waals surface area (Å²) < 4.78 is 45.5. The molecule has 0 aliphatic carbocycles. The highest BCUT2D eigenvalue weighted by Crippen LogP contribution is 2.41. The molecule has 25 heavy (non-hydrogen) atoms. The van der Waals surface area contributed by atoms with Crippen LogP contribution in [0.4, 0.5) is 13.2 Å². The van der Waals surface area contributed by atoms with Crippen LogP contribution in [0.15, 0.2) is 30.3 Å². The summed E-state index contributed by atoms with van der Waals surface area (Å²) in [5.74, 6) is -2.96. The molecular weight excluding hydrogens is 351 g/mol. The molecule has 1 fully saturated rings. The van der Waals surface area contributed by atoms with E-state index in [9.17, 15) is 18.0 Å². The van der Waals surface area contributed by atoms with E-state index in [0.717, 1.165) is 35.4 Å². The van der Waals surface area contributed by atoms with Crippen LogP contribution in [-0.2, 0) is 17.8 Å². The number of halogens is 3. The quantitative estimate of drug-likeness (QED) is 0.775. The van der Waals surface area contributed by atoms with Crippen LogP contribution in [0.5, 0.6) is 5.75 Å². The molecule has 2 aliphatic heterocycles. The maximum atomic E-state index is 13.4. The summed E-state index contributed by atoms with van der Waals surface area (Å²) >= 11 is 1.46. The van der Waals surface area contributed by atoms with E-state index in [1.807, 2.05) is 18.2 Å². The highest BCUT2D eigenvalue weighted by atomic mass is 32.2. The Morgan fingerprint density at radius 1 is 1.16 bits per heavy atom. The molecule has 0 saturated carbocycles. The van der Waals surface area contributed by atoms with Gasteiger partial charge in [-0.05, 0) is 41.0 Å². The molecule has 0 N–H and O–H groups in total. The van der Waals surface area contributed by atoms with Gasteiger partial charge in [-0.1, -0.05) is 6.07 Å². The van der Waals surface area contributed by atoms with Crippen LogP contribution in [-0.4, -0.2) is 23.2 Å². The Morgan fingerprint density at radius 2 is 1.92 bits per heavy atom. The van der Waals surface area contributed by atoms with Gasteiger partial charge in [0.1, 0.15) is 11.1 Å². The number of fused-ring (bicyclic) bond motifs is 1. The normalized spacial score (nSPS) is 19.2. The topological polar surface area (TPSA) is 29.5 Å². The van der Waals surface area contributed by atoms with Gasteiger partial charge >= 0.3 is 0 Å². The van der Waals surface area contributed by atoms with E-state index in [2.05, 4.69) is 0 Å². The van der Waals surface area contributed by atoms with Crippen LogP contribution in [0.2, 0.25) is 0 Å². The molecule has 3 nitrogen and oxygen atoms in total. The Bertz CT molecular complexity index is 835. The molecule has 130 valence electrons. The molecule has 0 radical (unpaired) electrons. The Hall–Kier alpha value is -2.15. The van der Waals surface area contributed by atoms with Gasteiger partial charge in [0.2, 0.25) is 5.91 Å². The lowest BCUT2D eigenvalue weighted by atomic mass is 10.1. The minimum Gasteiger partial charge on any atom is -0.493 e. The fraction of sp³-hybridized carbons (Fsp3) is 0.278. The number of hydrogen-bond donors (Lipinski definition) is 0. The molecule has 1 unspecified atom stereocenters. The lowest BCUT2D eigenvalue weighted by molar-refractivity contribution is -0.128. The number of nitrogens with zero attached hydrogens (tertiary/aromatic N) is 1. The summed E-state index contributed by atoms with van der Waals surface area (Å²) in [4.78, 5) is 13.8. The largest absolute Gasteiger partial charge is 0.493 e. The Morgan fingerprint density at radius 3 is 2.68 bits per heavy atom. The van der Waals surface area contributed by atoms with Crippen molar-refractivity contribution in [3.63, 3.8) is 0 Å². The van der Waals surface area contributed by atoms with Gasteiger partial charge in [-0.3, -0.25) is 4.79 Å². The second-order valence-corrected chi connectivity index (χ2v) is 7.09. The zero-order valence-corrected chi connectivity index (χ0v) is 13.9. The van der Waals surface area contributed by atoms with E-state index in [-0.39, 0.29) is 23.4 Å². The van der Waals surface area contributed by atoms with Gasteiger partial charge in [-0.2, -0.15) is 0 Å². The van der Waals surface area contributed by atoms with Crippen molar-refractivity contribution >= 4 is 17.7 Å². The van der Waals surface area contributed by atoms with E-state index in [1.54, 1.807) is 4.90 Å². The van der Waals surface area contributed by atoms with Crippen LogP contribution >= 0.6 is 11.8 Å². The number of amides is 1. The molecule has 1 saturated heterocycles. The van der Waals surface area contributed by atoms with Crippen LogP contribution in [0.1, 0.15) is 22.1 Å². The number of rotatable bonds is 3. The second kappa shape index (κ2) is 6.29. The zero-order valence-electron chi connectivity index (χ0n) is 13.1. The first-order valence-electron chi connectivity index (χ1n) is 7.83. The minimum atomic E-state index is -1.50. The van der Waals surface area contributed by atoms with Crippen LogP contribution in [0.25, 0.3) is 0 Å². The van der Waals surface area contributed by atoms with Gasteiger partial charge in [-0.15, -0.1) is 11.8 Å². The summed E-state index contributed by atoms with van der Waals surface area (Å²) in [6.45, 7) is 0.672. The van der Waals surface area contributed by atoms with Crippen molar-refractivity contribution in [2.45, 2.75) is 18.3 Å². The van der Waals surface area contributed by atoms with E-state index >= 15 is 0 Å². The Balaban J connectivity index is 1.62. The fourth-order valence-corrected chi connectivity index (χ4v) is 4.33. The molecule has 1 atom stereocenters. The molecular formula is C18H14F3NO2S. The second-order valence-electron chi connectivity index (χ2n) is 6.02. The first-order valence-corrected chi connectivity index (χ1v) is 8.88. The Labute approximate surface area is 146 Å². The SMILES string of the molecule is O=C1CSC(c2ccc3c(c2)CCO3)N1Cc1cc(F)c(F)c(F)c1.